The smallest absolute Gasteiger partial charge is 0.408 e. The van der Waals surface area contributed by atoms with E-state index in [1.165, 1.54) is 7.11 Å². The Morgan fingerprint density at radius 1 is 1.39 bits per heavy atom. The lowest BCUT2D eigenvalue weighted by Crippen LogP contribution is -2.49. The first kappa shape index (κ1) is 14.5. The van der Waals surface area contributed by atoms with E-state index in [1.807, 2.05) is 6.92 Å². The molecule has 1 aliphatic rings. The van der Waals surface area contributed by atoms with Crippen molar-refractivity contribution in [2.45, 2.75) is 45.3 Å². The molecule has 0 radical (unpaired) electrons. The first-order valence-electron chi connectivity index (χ1n) is 5.83. The number of amides is 1. The topological polar surface area (TPSA) is 64.6 Å². The summed E-state index contributed by atoms with van der Waals surface area (Å²) in [6.07, 6.45) is 1.50. The zero-order valence-corrected chi connectivity index (χ0v) is 11.6. The standard InChI is InChI=1S/C13H21NO4/c1-7-12(5)8-13(12,9(15)17-6)14-10(16)18-11(2,3)4/h7H,1,8H2,2-6H3,(H,14,16). The third-order valence-electron chi connectivity index (χ3n) is 3.18. The van der Waals surface area contributed by atoms with E-state index in [2.05, 4.69) is 11.9 Å². The summed E-state index contributed by atoms with van der Waals surface area (Å²) in [7, 11) is 1.29. The van der Waals surface area contributed by atoms with Crippen molar-refractivity contribution in [2.75, 3.05) is 7.11 Å². The molecule has 1 rings (SSSR count). The van der Waals surface area contributed by atoms with Crippen LogP contribution < -0.4 is 5.32 Å². The van der Waals surface area contributed by atoms with Crippen LogP contribution in [0.25, 0.3) is 0 Å². The van der Waals surface area contributed by atoms with E-state index in [1.54, 1.807) is 26.8 Å². The lowest BCUT2D eigenvalue weighted by molar-refractivity contribution is -0.145. The van der Waals surface area contributed by atoms with Crippen LogP contribution in [0.1, 0.15) is 34.1 Å². The number of nitrogens with one attached hydrogen (secondary N) is 1. The molecule has 18 heavy (non-hydrogen) atoms. The van der Waals surface area contributed by atoms with E-state index in [-0.39, 0.29) is 0 Å². The molecule has 1 amide bonds. The molecule has 0 bridgehead atoms. The summed E-state index contributed by atoms with van der Waals surface area (Å²) in [5.74, 6) is -0.476. The second-order valence-corrected chi connectivity index (χ2v) is 5.82. The van der Waals surface area contributed by atoms with Gasteiger partial charge < -0.3 is 14.8 Å². The molecule has 2 atom stereocenters. The Bertz CT molecular complexity index is 385. The number of esters is 1. The number of ether oxygens (including phenoxy) is 2. The molecular formula is C13H21NO4. The van der Waals surface area contributed by atoms with Crippen LogP contribution in [0.5, 0.6) is 0 Å². The highest BCUT2D eigenvalue weighted by atomic mass is 16.6. The third kappa shape index (κ3) is 2.49. The van der Waals surface area contributed by atoms with Gasteiger partial charge in [0.25, 0.3) is 0 Å². The zero-order chi connectivity index (χ0) is 14.2. The van der Waals surface area contributed by atoms with Gasteiger partial charge in [0.15, 0.2) is 5.54 Å². The fourth-order valence-electron chi connectivity index (χ4n) is 1.95. The summed E-state index contributed by atoms with van der Waals surface area (Å²) in [5, 5.41) is 2.61. The Labute approximate surface area is 108 Å². The number of methoxy groups -OCH3 is 1. The monoisotopic (exact) mass is 255 g/mol. The summed E-state index contributed by atoms with van der Waals surface area (Å²) < 4.78 is 9.90. The molecule has 102 valence electrons. The van der Waals surface area contributed by atoms with Crippen molar-refractivity contribution in [3.8, 4) is 0 Å². The second-order valence-electron chi connectivity index (χ2n) is 5.82. The third-order valence-corrected chi connectivity index (χ3v) is 3.18. The minimum atomic E-state index is -1.05. The highest BCUT2D eigenvalue weighted by Gasteiger charge is 2.70. The molecule has 1 N–H and O–H groups in total. The fraction of sp³-hybridized carbons (Fsp3) is 0.692. The summed E-state index contributed by atoms with van der Waals surface area (Å²) in [6.45, 7) is 10.8. The molecule has 0 aromatic heterocycles. The van der Waals surface area contributed by atoms with Crippen LogP contribution in [0, 0.1) is 5.41 Å². The maximum Gasteiger partial charge on any atom is 0.408 e. The van der Waals surface area contributed by atoms with Crippen LogP contribution in [-0.2, 0) is 14.3 Å². The van der Waals surface area contributed by atoms with E-state index in [0.29, 0.717) is 6.42 Å². The zero-order valence-electron chi connectivity index (χ0n) is 11.6. The van der Waals surface area contributed by atoms with Gasteiger partial charge in [-0.1, -0.05) is 13.0 Å². The molecule has 0 heterocycles. The van der Waals surface area contributed by atoms with Crippen molar-refractivity contribution >= 4 is 12.1 Å². The molecule has 5 nitrogen and oxygen atoms in total. The van der Waals surface area contributed by atoms with E-state index in [9.17, 15) is 9.59 Å². The number of carbonyl (C=O) groups excluding carboxylic acids is 2. The number of hydrogen-bond donors (Lipinski definition) is 1. The summed E-state index contributed by atoms with van der Waals surface area (Å²) in [5.41, 5.74) is -2.15. The van der Waals surface area contributed by atoms with Gasteiger partial charge in [-0.25, -0.2) is 9.59 Å². The van der Waals surface area contributed by atoms with Crippen LogP contribution in [0.4, 0.5) is 4.79 Å². The van der Waals surface area contributed by atoms with Crippen molar-refractivity contribution in [1.82, 2.24) is 5.32 Å². The van der Waals surface area contributed by atoms with E-state index >= 15 is 0 Å². The van der Waals surface area contributed by atoms with Gasteiger partial charge in [0.1, 0.15) is 5.60 Å². The maximum absolute atomic E-state index is 11.8. The Morgan fingerprint density at radius 3 is 2.28 bits per heavy atom. The minimum Gasteiger partial charge on any atom is -0.467 e. The molecule has 1 fully saturated rings. The van der Waals surface area contributed by atoms with Gasteiger partial charge in [0.2, 0.25) is 0 Å². The molecule has 1 saturated carbocycles. The van der Waals surface area contributed by atoms with E-state index in [4.69, 9.17) is 9.47 Å². The molecule has 0 saturated heterocycles. The van der Waals surface area contributed by atoms with Crippen LogP contribution in [-0.4, -0.2) is 30.3 Å². The van der Waals surface area contributed by atoms with Crippen molar-refractivity contribution < 1.29 is 19.1 Å². The Kier molecular flexibility index (Phi) is 3.47. The lowest BCUT2D eigenvalue weighted by Gasteiger charge is -2.24. The van der Waals surface area contributed by atoms with Gasteiger partial charge in [-0.05, 0) is 27.2 Å². The SMILES string of the molecule is C=CC1(C)CC1(NC(=O)OC(C)(C)C)C(=O)OC. The highest BCUT2D eigenvalue weighted by molar-refractivity contribution is 5.91. The van der Waals surface area contributed by atoms with Crippen LogP contribution in [0.15, 0.2) is 12.7 Å². The molecule has 5 heteroatoms. The van der Waals surface area contributed by atoms with Gasteiger partial charge in [0.05, 0.1) is 7.11 Å². The van der Waals surface area contributed by atoms with Gasteiger partial charge in [0, 0.05) is 5.41 Å². The highest BCUT2D eigenvalue weighted by Crippen LogP contribution is 2.57. The number of rotatable bonds is 3. The van der Waals surface area contributed by atoms with Gasteiger partial charge in [-0.15, -0.1) is 6.58 Å². The molecule has 0 aliphatic heterocycles. The Morgan fingerprint density at radius 2 is 1.94 bits per heavy atom. The van der Waals surface area contributed by atoms with Crippen LogP contribution in [0.2, 0.25) is 0 Å². The largest absolute Gasteiger partial charge is 0.467 e. The van der Waals surface area contributed by atoms with Crippen molar-refractivity contribution in [3.05, 3.63) is 12.7 Å². The molecular weight excluding hydrogens is 234 g/mol. The predicted molar refractivity (Wildman–Crippen MR) is 67.0 cm³/mol. The van der Waals surface area contributed by atoms with Gasteiger partial charge >= 0.3 is 12.1 Å². The fourth-order valence-corrected chi connectivity index (χ4v) is 1.95. The van der Waals surface area contributed by atoms with Crippen molar-refractivity contribution in [1.29, 1.82) is 0 Å². The van der Waals surface area contributed by atoms with E-state index in [0.717, 1.165) is 0 Å². The predicted octanol–water partition coefficient (Wildman–Crippen LogP) is 2.02. The first-order valence-corrected chi connectivity index (χ1v) is 5.83. The minimum absolute atomic E-state index is 0.468. The van der Waals surface area contributed by atoms with Crippen LogP contribution in [0.3, 0.4) is 0 Å². The van der Waals surface area contributed by atoms with Crippen molar-refractivity contribution in [2.24, 2.45) is 5.41 Å². The van der Waals surface area contributed by atoms with Gasteiger partial charge in [-0.3, -0.25) is 0 Å². The van der Waals surface area contributed by atoms with Crippen LogP contribution >= 0.6 is 0 Å². The van der Waals surface area contributed by atoms with Crippen molar-refractivity contribution in [3.63, 3.8) is 0 Å². The maximum atomic E-state index is 11.8. The Hall–Kier alpha value is -1.52. The summed E-state index contributed by atoms with van der Waals surface area (Å²) in [6, 6.07) is 0. The average molecular weight is 255 g/mol. The average Bonchev–Trinajstić information content (AvgIpc) is 2.82. The molecule has 0 spiro atoms. The quantitative estimate of drug-likeness (QED) is 0.619. The lowest BCUT2D eigenvalue weighted by atomic mass is 10.0. The molecule has 0 aromatic carbocycles. The Balaban J connectivity index is 2.82. The van der Waals surface area contributed by atoms with Gasteiger partial charge in [-0.2, -0.15) is 0 Å². The normalized spacial score (nSPS) is 30.3. The molecule has 1 aliphatic carbocycles. The summed E-state index contributed by atoms with van der Waals surface area (Å²) in [4.78, 5) is 23.6. The van der Waals surface area contributed by atoms with E-state index < -0.39 is 28.6 Å². The first-order chi connectivity index (χ1) is 8.10. The number of hydrogen-bond acceptors (Lipinski definition) is 4. The molecule has 2 unspecified atom stereocenters. The number of carbonyl (C=O) groups is 2. The number of alkyl carbamates (subject to hydrolysis) is 1. The second kappa shape index (κ2) is 4.30. The summed E-state index contributed by atoms with van der Waals surface area (Å²) >= 11 is 0. The molecule has 0 aromatic rings.